The molecular weight excluding hydrogens is 338 g/mol. The highest BCUT2D eigenvalue weighted by molar-refractivity contribution is 5.83. The van der Waals surface area contributed by atoms with Crippen molar-refractivity contribution in [3.8, 4) is 0 Å². The van der Waals surface area contributed by atoms with Gasteiger partial charge in [-0.1, -0.05) is 20.8 Å². The zero-order valence-electron chi connectivity index (χ0n) is 16.3. The number of aliphatic hydroxyl groups excluding tert-OH is 2. The average molecular weight is 371 g/mol. The van der Waals surface area contributed by atoms with Crippen LogP contribution in [0, 0.1) is 10.8 Å². The molecule has 26 heavy (non-hydrogen) atoms. The van der Waals surface area contributed by atoms with E-state index in [1.165, 1.54) is 6.92 Å². The third-order valence-corrected chi connectivity index (χ3v) is 5.45. The van der Waals surface area contributed by atoms with Crippen LogP contribution < -0.4 is 5.32 Å². The number of amides is 1. The van der Waals surface area contributed by atoms with E-state index >= 15 is 0 Å². The maximum atomic E-state index is 11.9. The van der Waals surface area contributed by atoms with Gasteiger partial charge < -0.3 is 25.0 Å². The molecule has 7 nitrogen and oxygen atoms in total. The largest absolute Gasteiger partial charge is 0.390 e. The van der Waals surface area contributed by atoms with E-state index in [0.717, 1.165) is 12.8 Å². The Kier molecular flexibility index (Phi) is 6.82. The summed E-state index contributed by atoms with van der Waals surface area (Å²) >= 11 is 0. The Morgan fingerprint density at radius 1 is 1.27 bits per heavy atom. The normalized spacial score (nSPS) is 33.9. The van der Waals surface area contributed by atoms with Crippen LogP contribution in [-0.4, -0.2) is 66.1 Å². The number of hydrogen-bond donors (Lipinski definition) is 3. The molecule has 1 saturated heterocycles. The van der Waals surface area contributed by atoms with Crippen LogP contribution in [0.25, 0.3) is 0 Å². The molecule has 7 heteroatoms. The lowest BCUT2D eigenvalue weighted by molar-refractivity contribution is -0.133. The lowest BCUT2D eigenvalue weighted by Gasteiger charge is -2.42. The molecule has 1 aliphatic carbocycles. The summed E-state index contributed by atoms with van der Waals surface area (Å²) in [7, 11) is 0. The van der Waals surface area contributed by atoms with Crippen molar-refractivity contribution in [2.75, 3.05) is 19.8 Å². The fourth-order valence-electron chi connectivity index (χ4n) is 3.75. The molecule has 5 atom stereocenters. The summed E-state index contributed by atoms with van der Waals surface area (Å²) in [4.78, 5) is 23.2. The molecule has 2 aliphatic rings. The number of unbranched alkanes of at least 4 members (excludes halogenated alkanes) is 1. The Labute approximate surface area is 155 Å². The number of Topliss-reactive ketones (excluding diaryl/α,β-unsaturated/α-hetero) is 1. The maximum Gasteiger partial charge on any atom is 0.217 e. The predicted molar refractivity (Wildman–Crippen MR) is 95.5 cm³/mol. The van der Waals surface area contributed by atoms with Gasteiger partial charge in [-0.2, -0.15) is 0 Å². The summed E-state index contributed by atoms with van der Waals surface area (Å²) < 4.78 is 11.5. The van der Waals surface area contributed by atoms with Gasteiger partial charge in [0.1, 0.15) is 11.9 Å². The second kappa shape index (κ2) is 8.33. The summed E-state index contributed by atoms with van der Waals surface area (Å²) in [5.41, 5.74) is -0.941. The molecule has 2 fully saturated rings. The van der Waals surface area contributed by atoms with Gasteiger partial charge in [-0.3, -0.25) is 9.59 Å². The minimum Gasteiger partial charge on any atom is -0.390 e. The van der Waals surface area contributed by atoms with E-state index in [1.54, 1.807) is 0 Å². The molecule has 3 N–H and O–H groups in total. The third-order valence-electron chi connectivity index (χ3n) is 5.45. The van der Waals surface area contributed by atoms with Crippen molar-refractivity contribution in [1.82, 2.24) is 5.32 Å². The number of hydrogen-bond acceptors (Lipinski definition) is 6. The molecule has 1 aliphatic heterocycles. The number of aliphatic hydroxyl groups is 2. The van der Waals surface area contributed by atoms with E-state index in [1.807, 2.05) is 20.8 Å². The third kappa shape index (κ3) is 4.82. The Morgan fingerprint density at radius 2 is 1.96 bits per heavy atom. The summed E-state index contributed by atoms with van der Waals surface area (Å²) in [6.45, 7) is 8.24. The quantitative estimate of drug-likeness (QED) is 0.545. The Balaban J connectivity index is 1.76. The molecule has 2 bridgehead atoms. The van der Waals surface area contributed by atoms with Gasteiger partial charge in [0.2, 0.25) is 5.91 Å². The van der Waals surface area contributed by atoms with Gasteiger partial charge in [0.25, 0.3) is 0 Å². The molecule has 1 amide bonds. The first-order valence-electron chi connectivity index (χ1n) is 9.43. The lowest BCUT2D eigenvalue weighted by atomic mass is 9.70. The van der Waals surface area contributed by atoms with E-state index in [2.05, 4.69) is 5.32 Å². The van der Waals surface area contributed by atoms with Crippen LogP contribution in [0.4, 0.5) is 0 Å². The highest BCUT2D eigenvalue weighted by Gasteiger charge is 2.58. The number of carbonyl (C=O) groups excluding carboxylic acids is 2. The molecular formula is C19H33NO6. The fourth-order valence-corrected chi connectivity index (χ4v) is 3.75. The van der Waals surface area contributed by atoms with Gasteiger partial charge in [0.15, 0.2) is 0 Å². The van der Waals surface area contributed by atoms with Crippen LogP contribution in [0.1, 0.15) is 53.4 Å². The minimum absolute atomic E-state index is 0.248. The highest BCUT2D eigenvalue weighted by atomic mass is 16.5. The molecule has 0 spiro atoms. The first kappa shape index (κ1) is 21.3. The van der Waals surface area contributed by atoms with Gasteiger partial charge in [-0.15, -0.1) is 0 Å². The van der Waals surface area contributed by atoms with Crippen LogP contribution in [0.15, 0.2) is 0 Å². The van der Waals surface area contributed by atoms with E-state index in [0.29, 0.717) is 32.7 Å². The number of ether oxygens (including phenoxy) is 2. The number of ketones is 1. The van der Waals surface area contributed by atoms with Gasteiger partial charge in [-0.25, -0.2) is 0 Å². The van der Waals surface area contributed by atoms with Gasteiger partial charge in [0, 0.05) is 30.8 Å². The van der Waals surface area contributed by atoms with Gasteiger partial charge in [-0.05, 0) is 19.3 Å². The number of fused-ring (bicyclic) bond motifs is 2. The number of rotatable bonds is 8. The zero-order chi connectivity index (χ0) is 19.5. The van der Waals surface area contributed by atoms with Crippen molar-refractivity contribution < 1.29 is 29.3 Å². The molecule has 0 aromatic carbocycles. The van der Waals surface area contributed by atoms with Crippen LogP contribution >= 0.6 is 0 Å². The van der Waals surface area contributed by atoms with E-state index in [9.17, 15) is 19.8 Å². The number of carbonyl (C=O) groups is 2. The molecule has 2 rings (SSSR count). The lowest BCUT2D eigenvalue weighted by Crippen LogP contribution is -2.62. The van der Waals surface area contributed by atoms with E-state index in [-0.39, 0.29) is 23.2 Å². The smallest absolute Gasteiger partial charge is 0.217 e. The average Bonchev–Trinajstić information content (AvgIpc) is 2.94. The topological polar surface area (TPSA) is 105 Å². The SMILES string of the molecule is CC(=O)N[C@@H]1[C@@H](O)[C@@H](O)[C@]2(COCCCCC(=O)C(C)(C)C)CO[C@@H]1C2. The molecule has 0 radical (unpaired) electrons. The molecule has 1 saturated carbocycles. The zero-order valence-corrected chi connectivity index (χ0v) is 16.3. The summed E-state index contributed by atoms with van der Waals surface area (Å²) in [6.07, 6.45) is 0.230. The number of nitrogens with one attached hydrogen (secondary N) is 1. The molecule has 0 aromatic rings. The van der Waals surface area contributed by atoms with Crippen molar-refractivity contribution in [3.05, 3.63) is 0 Å². The summed E-state index contributed by atoms with van der Waals surface area (Å²) in [5, 5.41) is 23.6. The monoisotopic (exact) mass is 371 g/mol. The molecule has 0 aromatic heterocycles. The molecule has 150 valence electrons. The van der Waals surface area contributed by atoms with Crippen molar-refractivity contribution in [2.45, 2.75) is 77.7 Å². The van der Waals surface area contributed by atoms with Crippen molar-refractivity contribution in [2.24, 2.45) is 10.8 Å². The Morgan fingerprint density at radius 3 is 2.58 bits per heavy atom. The van der Waals surface area contributed by atoms with Crippen molar-refractivity contribution >= 4 is 11.7 Å². The van der Waals surface area contributed by atoms with Crippen molar-refractivity contribution in [3.63, 3.8) is 0 Å². The standard InChI is InChI=1S/C19H33NO6/c1-12(21)20-15-13-9-19(11-26-13,17(24)16(15)23)10-25-8-6-5-7-14(22)18(2,3)4/h13,15-17,23-24H,5-11H2,1-4H3,(H,20,21)/t13-,15+,16-,17-,19-/m1/s1. The molecule has 0 unspecified atom stereocenters. The highest BCUT2D eigenvalue weighted by Crippen LogP contribution is 2.44. The Bertz CT molecular complexity index is 517. The van der Waals surface area contributed by atoms with Crippen LogP contribution in [0.5, 0.6) is 0 Å². The molecule has 1 heterocycles. The van der Waals surface area contributed by atoms with Crippen LogP contribution in [-0.2, 0) is 19.1 Å². The maximum absolute atomic E-state index is 11.9. The first-order chi connectivity index (χ1) is 12.1. The van der Waals surface area contributed by atoms with Crippen LogP contribution in [0.2, 0.25) is 0 Å². The van der Waals surface area contributed by atoms with E-state index in [4.69, 9.17) is 9.47 Å². The summed E-state index contributed by atoms with van der Waals surface area (Å²) in [6, 6.07) is -0.596. The van der Waals surface area contributed by atoms with Gasteiger partial charge >= 0.3 is 0 Å². The fraction of sp³-hybridized carbons (Fsp3) is 0.895. The Hall–Kier alpha value is -1.02. The van der Waals surface area contributed by atoms with Gasteiger partial charge in [0.05, 0.1) is 31.5 Å². The minimum atomic E-state index is -1.08. The summed E-state index contributed by atoms with van der Waals surface area (Å²) in [5.74, 6) is -0.0109. The van der Waals surface area contributed by atoms with Crippen molar-refractivity contribution in [1.29, 1.82) is 0 Å². The second-order valence-electron chi connectivity index (χ2n) is 8.76. The first-order valence-corrected chi connectivity index (χ1v) is 9.43. The van der Waals surface area contributed by atoms with E-state index < -0.39 is 23.7 Å². The second-order valence-corrected chi connectivity index (χ2v) is 8.76. The predicted octanol–water partition coefficient (Wildman–Crippen LogP) is 0.804. The van der Waals surface area contributed by atoms with Crippen LogP contribution in [0.3, 0.4) is 0 Å².